The van der Waals surface area contributed by atoms with Crippen molar-refractivity contribution >= 4 is 0 Å². The van der Waals surface area contributed by atoms with Crippen LogP contribution in [0.25, 0.3) is 0 Å². The molecule has 104 valence electrons. The predicted molar refractivity (Wildman–Crippen MR) is 70.5 cm³/mol. The van der Waals surface area contributed by atoms with Crippen LogP contribution in [0.3, 0.4) is 0 Å². The topological polar surface area (TPSA) is 60.2 Å². The second-order valence-corrected chi connectivity index (χ2v) is 4.86. The highest BCUT2D eigenvalue weighted by molar-refractivity contribution is 4.90. The van der Waals surface area contributed by atoms with Crippen LogP contribution in [0.2, 0.25) is 0 Å². The van der Waals surface area contributed by atoms with E-state index in [-0.39, 0.29) is 0 Å². The Morgan fingerprint density at radius 1 is 1.39 bits per heavy atom. The summed E-state index contributed by atoms with van der Waals surface area (Å²) in [4.78, 5) is 4.38. The van der Waals surface area contributed by atoms with Crippen molar-refractivity contribution in [2.24, 2.45) is 5.92 Å². The predicted octanol–water partition coefficient (Wildman–Crippen LogP) is 1.83. The molecule has 0 aliphatic rings. The molecule has 0 fully saturated rings. The summed E-state index contributed by atoms with van der Waals surface area (Å²) in [5.74, 6) is 1.99. The van der Waals surface area contributed by atoms with Gasteiger partial charge in [-0.3, -0.25) is 0 Å². The minimum atomic E-state index is 0.390. The largest absolute Gasteiger partial charge is 0.384 e. The molecule has 0 aliphatic carbocycles. The lowest BCUT2D eigenvalue weighted by Crippen LogP contribution is -2.36. The molecule has 1 heterocycles. The van der Waals surface area contributed by atoms with Gasteiger partial charge in [0.15, 0.2) is 5.82 Å². The van der Waals surface area contributed by atoms with Crippen molar-refractivity contribution < 1.29 is 9.26 Å². The first-order valence-corrected chi connectivity index (χ1v) is 6.71. The zero-order chi connectivity index (χ0) is 13.4. The van der Waals surface area contributed by atoms with Crippen LogP contribution in [0.5, 0.6) is 0 Å². The van der Waals surface area contributed by atoms with Gasteiger partial charge in [0.2, 0.25) is 5.89 Å². The van der Waals surface area contributed by atoms with E-state index in [1.807, 2.05) is 0 Å². The molecule has 0 amide bonds. The summed E-state index contributed by atoms with van der Waals surface area (Å²) < 4.78 is 10.3. The Balaban J connectivity index is 2.49. The minimum absolute atomic E-state index is 0.390. The third-order valence-corrected chi connectivity index (χ3v) is 2.90. The van der Waals surface area contributed by atoms with E-state index >= 15 is 0 Å². The number of rotatable bonds is 9. The highest BCUT2D eigenvalue weighted by Gasteiger charge is 2.17. The molecule has 0 aromatic carbocycles. The van der Waals surface area contributed by atoms with Crippen LogP contribution < -0.4 is 5.32 Å². The first-order chi connectivity index (χ1) is 8.67. The second kappa shape index (κ2) is 8.21. The van der Waals surface area contributed by atoms with Crippen LogP contribution >= 0.6 is 0 Å². The number of nitrogens with one attached hydrogen (secondary N) is 1. The number of ether oxygens (including phenoxy) is 1. The smallest absolute Gasteiger partial charge is 0.228 e. The van der Waals surface area contributed by atoms with Gasteiger partial charge in [-0.1, -0.05) is 25.9 Å². The van der Waals surface area contributed by atoms with Gasteiger partial charge in [-0.05, 0) is 18.9 Å². The number of nitrogens with zero attached hydrogens (tertiary/aromatic N) is 2. The van der Waals surface area contributed by atoms with Crippen LogP contribution in [0.1, 0.15) is 38.9 Å². The molecule has 1 aromatic heterocycles. The lowest BCUT2D eigenvalue weighted by atomic mass is 10.0. The molecule has 5 nitrogen and oxygen atoms in total. The summed E-state index contributed by atoms with van der Waals surface area (Å²) in [6.07, 6.45) is 2.62. The van der Waals surface area contributed by atoms with Crippen LogP contribution in [0, 0.1) is 5.92 Å². The molecule has 0 radical (unpaired) electrons. The number of methoxy groups -OCH3 is 1. The molecule has 0 aliphatic heterocycles. The van der Waals surface area contributed by atoms with Gasteiger partial charge < -0.3 is 14.6 Å². The molecular formula is C13H25N3O2. The van der Waals surface area contributed by atoms with Crippen molar-refractivity contribution in [3.05, 3.63) is 11.7 Å². The molecule has 1 unspecified atom stereocenters. The van der Waals surface area contributed by atoms with Crippen molar-refractivity contribution in [3.8, 4) is 0 Å². The Labute approximate surface area is 109 Å². The van der Waals surface area contributed by atoms with Crippen molar-refractivity contribution in [1.82, 2.24) is 15.5 Å². The average Bonchev–Trinajstić information content (AvgIpc) is 2.79. The molecule has 5 heteroatoms. The van der Waals surface area contributed by atoms with Crippen LogP contribution in [0.4, 0.5) is 0 Å². The van der Waals surface area contributed by atoms with Gasteiger partial charge in [0.05, 0.1) is 6.61 Å². The van der Waals surface area contributed by atoms with Crippen LogP contribution in [-0.2, 0) is 17.6 Å². The van der Waals surface area contributed by atoms with Crippen molar-refractivity contribution in [1.29, 1.82) is 0 Å². The summed E-state index contributed by atoms with van der Waals surface area (Å²) in [5.41, 5.74) is 0. The van der Waals surface area contributed by atoms with Crippen molar-refractivity contribution in [2.45, 2.75) is 46.1 Å². The Bertz CT molecular complexity index is 326. The van der Waals surface area contributed by atoms with Crippen LogP contribution in [-0.4, -0.2) is 36.4 Å². The minimum Gasteiger partial charge on any atom is -0.384 e. The van der Waals surface area contributed by atoms with Crippen LogP contribution in [0.15, 0.2) is 4.52 Å². The number of hydrogen-bond donors (Lipinski definition) is 1. The van der Waals surface area contributed by atoms with Gasteiger partial charge in [0, 0.05) is 26.0 Å². The molecule has 1 aromatic rings. The standard InChI is InChI=1S/C13H25N3O2/c1-5-7-14-11(10(2)3)9-13-15-12(16-18-13)6-8-17-4/h10-11,14H,5-9H2,1-4H3. The summed E-state index contributed by atoms with van der Waals surface area (Å²) in [7, 11) is 1.67. The Hall–Kier alpha value is -0.940. The Morgan fingerprint density at radius 3 is 2.78 bits per heavy atom. The fraction of sp³-hybridized carbons (Fsp3) is 0.846. The van der Waals surface area contributed by atoms with E-state index < -0.39 is 0 Å². The van der Waals surface area contributed by atoms with Gasteiger partial charge in [0.1, 0.15) is 0 Å². The monoisotopic (exact) mass is 255 g/mol. The molecular weight excluding hydrogens is 230 g/mol. The third-order valence-electron chi connectivity index (χ3n) is 2.90. The van der Waals surface area contributed by atoms with Gasteiger partial charge >= 0.3 is 0 Å². The molecule has 0 saturated carbocycles. The molecule has 1 atom stereocenters. The highest BCUT2D eigenvalue weighted by atomic mass is 16.5. The summed E-state index contributed by atoms with van der Waals surface area (Å²) in [6.45, 7) is 8.22. The molecule has 1 N–H and O–H groups in total. The normalized spacial score (nSPS) is 13.2. The highest BCUT2D eigenvalue weighted by Crippen LogP contribution is 2.09. The van der Waals surface area contributed by atoms with E-state index in [4.69, 9.17) is 9.26 Å². The summed E-state index contributed by atoms with van der Waals surface area (Å²) >= 11 is 0. The first-order valence-electron chi connectivity index (χ1n) is 6.71. The van der Waals surface area contributed by atoms with E-state index in [1.165, 1.54) is 0 Å². The van der Waals surface area contributed by atoms with Crippen molar-refractivity contribution in [3.63, 3.8) is 0 Å². The molecule has 0 bridgehead atoms. The fourth-order valence-corrected chi connectivity index (χ4v) is 1.73. The number of aromatic nitrogens is 2. The maximum Gasteiger partial charge on any atom is 0.228 e. The lowest BCUT2D eigenvalue weighted by Gasteiger charge is -2.20. The van der Waals surface area contributed by atoms with Gasteiger partial charge in [-0.2, -0.15) is 4.98 Å². The zero-order valence-electron chi connectivity index (χ0n) is 11.9. The van der Waals surface area contributed by atoms with Gasteiger partial charge in [0.25, 0.3) is 0 Å². The van der Waals surface area contributed by atoms with E-state index in [0.29, 0.717) is 30.9 Å². The van der Waals surface area contributed by atoms with E-state index in [0.717, 1.165) is 25.2 Å². The molecule has 0 spiro atoms. The summed E-state index contributed by atoms with van der Waals surface area (Å²) in [5, 5.41) is 7.47. The van der Waals surface area contributed by atoms with E-state index in [2.05, 4.69) is 36.2 Å². The molecule has 1 rings (SSSR count). The fourth-order valence-electron chi connectivity index (χ4n) is 1.73. The van der Waals surface area contributed by atoms with Crippen molar-refractivity contribution in [2.75, 3.05) is 20.3 Å². The Kier molecular flexibility index (Phi) is 6.90. The van der Waals surface area contributed by atoms with E-state index in [1.54, 1.807) is 7.11 Å². The number of hydrogen-bond acceptors (Lipinski definition) is 5. The molecule has 18 heavy (non-hydrogen) atoms. The Morgan fingerprint density at radius 2 is 2.17 bits per heavy atom. The van der Waals surface area contributed by atoms with E-state index in [9.17, 15) is 0 Å². The summed E-state index contributed by atoms with van der Waals surface area (Å²) in [6, 6.07) is 0.390. The SMILES string of the molecule is CCCNC(Cc1nc(CCOC)no1)C(C)C. The average molecular weight is 255 g/mol. The van der Waals surface area contributed by atoms with Gasteiger partial charge in [-0.15, -0.1) is 0 Å². The molecule has 0 saturated heterocycles. The lowest BCUT2D eigenvalue weighted by molar-refractivity contribution is 0.199. The maximum atomic E-state index is 5.27. The maximum absolute atomic E-state index is 5.27. The third kappa shape index (κ3) is 5.14. The second-order valence-electron chi connectivity index (χ2n) is 4.86. The quantitative estimate of drug-likeness (QED) is 0.729. The first kappa shape index (κ1) is 15.1. The zero-order valence-corrected chi connectivity index (χ0v) is 11.9. The van der Waals surface area contributed by atoms with Gasteiger partial charge in [-0.25, -0.2) is 0 Å².